The molecule has 4 nitrogen and oxygen atoms in total. The molecule has 0 aliphatic carbocycles. The van der Waals surface area contributed by atoms with E-state index >= 15 is 0 Å². The molecule has 1 aromatic carbocycles. The number of carbonyl (C=O) groups is 1. The lowest BCUT2D eigenvalue weighted by Gasteiger charge is -2.11. The smallest absolute Gasteiger partial charge is 0.310 e. The van der Waals surface area contributed by atoms with Gasteiger partial charge >= 0.3 is 5.97 Å². The van der Waals surface area contributed by atoms with Crippen LogP contribution in [0, 0.1) is 5.82 Å². The summed E-state index contributed by atoms with van der Waals surface area (Å²) in [6.45, 7) is 12.8. The number of ether oxygens (including phenoxy) is 1. The molecule has 0 aliphatic rings. The van der Waals surface area contributed by atoms with E-state index in [0.717, 1.165) is 31.4 Å². The Balaban J connectivity index is 0. The zero-order valence-corrected chi connectivity index (χ0v) is 21.5. The molecule has 0 amide bonds. The second kappa shape index (κ2) is 20.5. The van der Waals surface area contributed by atoms with Crippen molar-refractivity contribution in [3.63, 3.8) is 0 Å². The van der Waals surface area contributed by atoms with Gasteiger partial charge in [-0.3, -0.25) is 4.79 Å². The number of methoxy groups -OCH3 is 1. The van der Waals surface area contributed by atoms with Crippen molar-refractivity contribution in [1.82, 2.24) is 0 Å². The topological polar surface area (TPSA) is 64.3 Å². The molecule has 0 radical (unpaired) electrons. The molecule has 182 valence electrons. The first kappa shape index (κ1) is 31.8. The molecule has 0 heterocycles. The number of nitrogens with one attached hydrogen (secondary N) is 1. The van der Waals surface area contributed by atoms with Gasteiger partial charge in [0.25, 0.3) is 0 Å². The fourth-order valence-electron chi connectivity index (χ4n) is 2.67. The van der Waals surface area contributed by atoms with E-state index in [1.165, 1.54) is 37.8 Å². The fraction of sp³-hybridized carbons (Fsp3) is 0.519. The van der Waals surface area contributed by atoms with E-state index in [2.05, 4.69) is 69.5 Å². The zero-order valence-electron chi connectivity index (χ0n) is 21.5. The number of benzene rings is 1. The van der Waals surface area contributed by atoms with Crippen LogP contribution in [0.1, 0.15) is 79.2 Å². The third kappa shape index (κ3) is 13.8. The second-order valence-corrected chi connectivity index (χ2v) is 7.20. The Kier molecular flexibility index (Phi) is 20.4. The van der Waals surface area contributed by atoms with Crippen LogP contribution in [0.4, 0.5) is 10.1 Å². The van der Waals surface area contributed by atoms with Crippen LogP contribution in [0.2, 0.25) is 0 Å². The van der Waals surface area contributed by atoms with Gasteiger partial charge in [0, 0.05) is 11.4 Å². The number of carbonyl (C=O) groups excluding carboxylic acids is 1. The van der Waals surface area contributed by atoms with Crippen molar-refractivity contribution < 1.29 is 13.9 Å². The van der Waals surface area contributed by atoms with Crippen LogP contribution < -0.4 is 11.1 Å². The Morgan fingerprint density at radius 2 is 1.75 bits per heavy atom. The van der Waals surface area contributed by atoms with E-state index in [9.17, 15) is 9.18 Å². The van der Waals surface area contributed by atoms with Gasteiger partial charge in [-0.25, -0.2) is 4.39 Å². The highest BCUT2D eigenvalue weighted by atomic mass is 19.1. The minimum absolute atomic E-state index is 0.0678. The minimum Gasteiger partial charge on any atom is -0.469 e. The molecular weight excluding hydrogens is 403 g/mol. The predicted octanol–water partition coefficient (Wildman–Crippen LogP) is 7.32. The molecular formula is C27H45FN2O2. The zero-order chi connectivity index (χ0) is 24.9. The van der Waals surface area contributed by atoms with Gasteiger partial charge in [-0.2, -0.15) is 0 Å². The third-order valence-electron chi connectivity index (χ3n) is 4.39. The Morgan fingerprint density at radius 3 is 2.22 bits per heavy atom. The van der Waals surface area contributed by atoms with E-state index in [4.69, 9.17) is 0 Å². The molecule has 0 saturated heterocycles. The van der Waals surface area contributed by atoms with Crippen LogP contribution in [0.25, 0.3) is 0 Å². The number of rotatable bonds is 10. The summed E-state index contributed by atoms with van der Waals surface area (Å²) in [6.07, 6.45) is 11.5. The lowest BCUT2D eigenvalue weighted by atomic mass is 10.0. The van der Waals surface area contributed by atoms with Gasteiger partial charge in [0.2, 0.25) is 0 Å². The number of halogens is 1. The van der Waals surface area contributed by atoms with Crippen molar-refractivity contribution in [1.29, 1.82) is 0 Å². The SMILES string of the molecule is CC/C=C(/C=C\C(CCC)=C(/C)CC)Nc1ccc(CC(=O)OC)c(F)c1.CCC.CN. The quantitative estimate of drug-likeness (QED) is 0.291. The van der Waals surface area contributed by atoms with E-state index in [-0.39, 0.29) is 6.42 Å². The summed E-state index contributed by atoms with van der Waals surface area (Å²) in [7, 11) is 2.80. The van der Waals surface area contributed by atoms with E-state index in [1.54, 1.807) is 12.1 Å². The summed E-state index contributed by atoms with van der Waals surface area (Å²) in [5.74, 6) is -0.871. The van der Waals surface area contributed by atoms with E-state index in [1.807, 2.05) is 6.08 Å². The van der Waals surface area contributed by atoms with Crippen molar-refractivity contribution in [2.24, 2.45) is 5.73 Å². The third-order valence-corrected chi connectivity index (χ3v) is 4.39. The average Bonchev–Trinajstić information content (AvgIpc) is 2.79. The summed E-state index contributed by atoms with van der Waals surface area (Å²) < 4.78 is 18.9. The lowest BCUT2D eigenvalue weighted by molar-refractivity contribution is -0.139. The minimum atomic E-state index is -0.453. The van der Waals surface area contributed by atoms with Crippen LogP contribution in [0.5, 0.6) is 0 Å². The number of hydrogen-bond acceptors (Lipinski definition) is 4. The molecule has 0 bridgehead atoms. The first-order valence-corrected chi connectivity index (χ1v) is 11.6. The van der Waals surface area contributed by atoms with Crippen LogP contribution >= 0.6 is 0 Å². The number of nitrogens with two attached hydrogens (primary N) is 1. The molecule has 3 N–H and O–H groups in total. The van der Waals surface area contributed by atoms with Gasteiger partial charge in [-0.15, -0.1) is 0 Å². The molecule has 0 saturated carbocycles. The van der Waals surface area contributed by atoms with Crippen LogP contribution in [0.3, 0.4) is 0 Å². The number of hydrogen-bond donors (Lipinski definition) is 2. The molecule has 32 heavy (non-hydrogen) atoms. The molecule has 0 unspecified atom stereocenters. The van der Waals surface area contributed by atoms with Gasteiger partial charge < -0.3 is 15.8 Å². The Labute approximate surface area is 195 Å². The molecule has 5 heteroatoms. The van der Waals surface area contributed by atoms with Crippen molar-refractivity contribution in [3.05, 3.63) is 64.7 Å². The molecule has 1 aromatic rings. The van der Waals surface area contributed by atoms with E-state index in [0.29, 0.717) is 11.3 Å². The second-order valence-electron chi connectivity index (χ2n) is 7.20. The summed E-state index contributed by atoms with van der Waals surface area (Å²) in [5.41, 5.74) is 9.15. The summed E-state index contributed by atoms with van der Waals surface area (Å²) in [6, 6.07) is 4.81. The Hall–Kier alpha value is -2.40. The van der Waals surface area contributed by atoms with Gasteiger partial charge in [-0.05, 0) is 62.6 Å². The normalized spacial score (nSPS) is 11.6. The maximum absolute atomic E-state index is 14.3. The van der Waals surface area contributed by atoms with Gasteiger partial charge in [0.15, 0.2) is 0 Å². The molecule has 1 rings (SSSR count). The lowest BCUT2D eigenvalue weighted by Crippen LogP contribution is -2.06. The summed E-state index contributed by atoms with van der Waals surface area (Å²) >= 11 is 0. The molecule has 0 aromatic heterocycles. The van der Waals surface area contributed by atoms with Crippen LogP contribution in [-0.2, 0) is 16.0 Å². The van der Waals surface area contributed by atoms with Crippen molar-refractivity contribution in [2.75, 3.05) is 19.5 Å². The maximum Gasteiger partial charge on any atom is 0.310 e. The molecule has 0 atom stereocenters. The Morgan fingerprint density at radius 1 is 1.12 bits per heavy atom. The number of anilines is 1. The van der Waals surface area contributed by atoms with Gasteiger partial charge in [0.1, 0.15) is 5.82 Å². The standard InChI is InChI=1S/C23H32FNO2.C3H8.CH5N/c1-6-9-18(17(4)8-3)11-13-20(10-7-2)25-21-14-12-19(22(24)16-21)15-23(26)27-5;1-3-2;1-2/h10-14,16,25H,6-9,15H2,1-5H3;3H2,1-2H3;2H2,1H3/b13-11-,18-17+,20-10-;;. The number of allylic oxidation sites excluding steroid dienone is 5. The maximum atomic E-state index is 14.3. The van der Waals surface area contributed by atoms with Crippen molar-refractivity contribution in [2.45, 2.75) is 80.1 Å². The molecule has 0 spiro atoms. The molecule has 0 aliphatic heterocycles. The summed E-state index contributed by atoms with van der Waals surface area (Å²) in [4.78, 5) is 11.3. The first-order chi connectivity index (χ1) is 15.4. The average molecular weight is 449 g/mol. The van der Waals surface area contributed by atoms with Gasteiger partial charge in [-0.1, -0.05) is 71.3 Å². The van der Waals surface area contributed by atoms with Gasteiger partial charge in [0.05, 0.1) is 13.5 Å². The van der Waals surface area contributed by atoms with Crippen LogP contribution in [0.15, 0.2) is 53.3 Å². The van der Waals surface area contributed by atoms with E-state index < -0.39 is 11.8 Å². The highest BCUT2D eigenvalue weighted by Crippen LogP contribution is 2.20. The highest BCUT2D eigenvalue weighted by molar-refractivity contribution is 5.72. The first-order valence-electron chi connectivity index (χ1n) is 11.6. The predicted molar refractivity (Wildman–Crippen MR) is 137 cm³/mol. The number of esters is 1. The molecule has 0 fully saturated rings. The largest absolute Gasteiger partial charge is 0.469 e. The van der Waals surface area contributed by atoms with Crippen molar-refractivity contribution >= 4 is 11.7 Å². The monoisotopic (exact) mass is 448 g/mol. The Bertz CT molecular complexity index is 737. The van der Waals surface area contributed by atoms with Crippen molar-refractivity contribution in [3.8, 4) is 0 Å². The summed E-state index contributed by atoms with van der Waals surface area (Å²) in [5, 5.41) is 3.27. The van der Waals surface area contributed by atoms with Crippen LogP contribution in [-0.4, -0.2) is 20.1 Å². The highest BCUT2D eigenvalue weighted by Gasteiger charge is 2.09. The fourth-order valence-corrected chi connectivity index (χ4v) is 2.67.